The average molecular weight is 562 g/mol. The summed E-state index contributed by atoms with van der Waals surface area (Å²) < 4.78 is 19.8. The summed E-state index contributed by atoms with van der Waals surface area (Å²) in [7, 11) is 1.75. The second kappa shape index (κ2) is 12.3. The zero-order valence-electron chi connectivity index (χ0n) is 18.4. The van der Waals surface area contributed by atoms with Crippen molar-refractivity contribution in [2.24, 2.45) is 4.99 Å². The van der Waals surface area contributed by atoms with Crippen molar-refractivity contribution in [2.75, 3.05) is 25.0 Å². The summed E-state index contributed by atoms with van der Waals surface area (Å²) in [5.41, 5.74) is 2.01. The van der Waals surface area contributed by atoms with Crippen LogP contribution in [0.25, 0.3) is 0 Å². The first-order valence-corrected chi connectivity index (χ1v) is 10.7. The lowest BCUT2D eigenvalue weighted by Gasteiger charge is -2.20. The van der Waals surface area contributed by atoms with Gasteiger partial charge in [0.05, 0.1) is 5.69 Å². The van der Waals surface area contributed by atoms with E-state index in [-0.39, 0.29) is 35.8 Å². The Bertz CT molecular complexity index is 1030. The highest BCUT2D eigenvalue weighted by atomic mass is 127. The van der Waals surface area contributed by atoms with Crippen LogP contribution < -0.4 is 20.3 Å². The number of aliphatic imine (C=N–C) groups is 1. The largest absolute Gasteiger partial charge is 0.487 e. The van der Waals surface area contributed by atoms with Crippen LogP contribution in [0.1, 0.15) is 17.7 Å². The summed E-state index contributed by atoms with van der Waals surface area (Å²) in [4.78, 5) is 14.7. The van der Waals surface area contributed by atoms with Gasteiger partial charge in [0.1, 0.15) is 12.4 Å². The average Bonchev–Trinajstić information content (AvgIpc) is 3.30. The minimum atomic E-state index is -0.289. The molecular weight excluding hydrogens is 534 g/mol. The van der Waals surface area contributed by atoms with Crippen LogP contribution in [-0.2, 0) is 13.2 Å². The zero-order valence-corrected chi connectivity index (χ0v) is 20.8. The highest BCUT2D eigenvalue weighted by Crippen LogP contribution is 2.20. The molecule has 3 aromatic rings. The lowest BCUT2D eigenvalue weighted by atomic mass is 10.2. The highest BCUT2D eigenvalue weighted by molar-refractivity contribution is 14.0. The Morgan fingerprint density at radius 2 is 1.94 bits per heavy atom. The van der Waals surface area contributed by atoms with E-state index >= 15 is 0 Å². The number of nitrogens with one attached hydrogen (secondary N) is 2. The van der Waals surface area contributed by atoms with Gasteiger partial charge in [0.15, 0.2) is 17.6 Å². The van der Waals surface area contributed by atoms with Gasteiger partial charge in [-0.3, -0.25) is 9.98 Å². The van der Waals surface area contributed by atoms with Crippen molar-refractivity contribution in [1.29, 1.82) is 0 Å². The fraction of sp³-hybridized carbons (Fsp3) is 0.292. The van der Waals surface area contributed by atoms with Gasteiger partial charge in [-0.2, -0.15) is 0 Å². The van der Waals surface area contributed by atoms with E-state index in [1.165, 1.54) is 6.07 Å². The number of rotatable bonds is 7. The van der Waals surface area contributed by atoms with Gasteiger partial charge in [0, 0.05) is 45.1 Å². The fourth-order valence-electron chi connectivity index (χ4n) is 3.60. The van der Waals surface area contributed by atoms with Gasteiger partial charge in [-0.1, -0.05) is 18.2 Å². The Labute approximate surface area is 210 Å². The van der Waals surface area contributed by atoms with E-state index in [0.717, 1.165) is 30.0 Å². The molecule has 2 N–H and O–H groups in total. The SMILES string of the molecule is CN=C(NCc1ccc(OCc2ccccn2)cc1)NC1CCN(c2ncccc2F)C1.I. The molecule has 0 aliphatic carbocycles. The first-order valence-electron chi connectivity index (χ1n) is 10.7. The van der Waals surface area contributed by atoms with Gasteiger partial charge < -0.3 is 20.3 Å². The summed E-state index contributed by atoms with van der Waals surface area (Å²) in [6.45, 7) is 2.50. The molecular formula is C24H28FIN6O. The monoisotopic (exact) mass is 562 g/mol. The van der Waals surface area contributed by atoms with E-state index in [2.05, 4.69) is 25.6 Å². The van der Waals surface area contributed by atoms with Crippen molar-refractivity contribution in [3.63, 3.8) is 0 Å². The molecule has 0 spiro atoms. The molecule has 1 unspecified atom stereocenters. The molecule has 0 amide bonds. The minimum Gasteiger partial charge on any atom is -0.487 e. The number of benzene rings is 1. The molecule has 3 heterocycles. The third-order valence-electron chi connectivity index (χ3n) is 5.29. The Morgan fingerprint density at radius 1 is 1.12 bits per heavy atom. The molecule has 9 heteroatoms. The predicted octanol–water partition coefficient (Wildman–Crippen LogP) is 3.76. The molecule has 33 heavy (non-hydrogen) atoms. The number of nitrogens with zero attached hydrogens (tertiary/aromatic N) is 4. The molecule has 1 aromatic carbocycles. The molecule has 0 radical (unpaired) electrons. The molecule has 2 aromatic heterocycles. The number of anilines is 1. The maximum atomic E-state index is 14.0. The number of aromatic nitrogens is 2. The first-order chi connectivity index (χ1) is 15.7. The smallest absolute Gasteiger partial charge is 0.191 e. The lowest BCUT2D eigenvalue weighted by molar-refractivity contribution is 0.301. The summed E-state index contributed by atoms with van der Waals surface area (Å²) in [6.07, 6.45) is 4.27. The van der Waals surface area contributed by atoms with Crippen LogP contribution in [0.15, 0.2) is 72.0 Å². The summed E-state index contributed by atoms with van der Waals surface area (Å²) in [5.74, 6) is 1.64. The van der Waals surface area contributed by atoms with Gasteiger partial charge in [0.25, 0.3) is 0 Å². The van der Waals surface area contributed by atoms with Crippen LogP contribution in [0.4, 0.5) is 10.2 Å². The van der Waals surface area contributed by atoms with E-state index in [4.69, 9.17) is 4.74 Å². The molecule has 1 aliphatic rings. The van der Waals surface area contributed by atoms with Crippen molar-refractivity contribution in [3.8, 4) is 5.75 Å². The van der Waals surface area contributed by atoms with Crippen LogP contribution in [0.5, 0.6) is 5.75 Å². The van der Waals surface area contributed by atoms with Crippen LogP contribution in [0.2, 0.25) is 0 Å². The highest BCUT2D eigenvalue weighted by Gasteiger charge is 2.25. The van der Waals surface area contributed by atoms with Crippen LogP contribution >= 0.6 is 24.0 Å². The maximum Gasteiger partial charge on any atom is 0.191 e. The molecule has 0 saturated carbocycles. The number of ether oxygens (including phenoxy) is 1. The number of hydrogen-bond donors (Lipinski definition) is 2. The topological polar surface area (TPSA) is 74.7 Å². The summed E-state index contributed by atoms with van der Waals surface area (Å²) in [5, 5.41) is 6.76. The van der Waals surface area contributed by atoms with E-state index in [9.17, 15) is 4.39 Å². The van der Waals surface area contributed by atoms with Gasteiger partial charge in [0.2, 0.25) is 0 Å². The van der Waals surface area contributed by atoms with Crippen molar-refractivity contribution >= 4 is 35.8 Å². The molecule has 174 valence electrons. The third kappa shape index (κ3) is 7.01. The molecule has 1 fully saturated rings. The van der Waals surface area contributed by atoms with E-state index in [0.29, 0.717) is 31.5 Å². The summed E-state index contributed by atoms with van der Waals surface area (Å²) >= 11 is 0. The fourth-order valence-corrected chi connectivity index (χ4v) is 3.60. The molecule has 4 rings (SSSR count). The molecule has 0 bridgehead atoms. The van der Waals surface area contributed by atoms with E-state index in [1.807, 2.05) is 47.4 Å². The van der Waals surface area contributed by atoms with Gasteiger partial charge in [-0.05, 0) is 48.4 Å². The molecule has 1 atom stereocenters. The molecule has 1 saturated heterocycles. The number of pyridine rings is 2. The van der Waals surface area contributed by atoms with Gasteiger partial charge >= 0.3 is 0 Å². The number of halogens is 2. The number of guanidine groups is 1. The van der Waals surface area contributed by atoms with Crippen LogP contribution in [0, 0.1) is 5.82 Å². The normalized spacial score (nSPS) is 15.6. The van der Waals surface area contributed by atoms with Crippen molar-refractivity contribution in [3.05, 3.63) is 84.1 Å². The van der Waals surface area contributed by atoms with Crippen LogP contribution in [0.3, 0.4) is 0 Å². The Hall–Kier alpha value is -2.95. The third-order valence-corrected chi connectivity index (χ3v) is 5.29. The van der Waals surface area contributed by atoms with Crippen molar-refractivity contribution < 1.29 is 9.13 Å². The lowest BCUT2D eigenvalue weighted by Crippen LogP contribution is -2.44. The Kier molecular flexibility index (Phi) is 9.23. The van der Waals surface area contributed by atoms with E-state index in [1.54, 1.807) is 25.5 Å². The van der Waals surface area contributed by atoms with Gasteiger partial charge in [-0.15, -0.1) is 24.0 Å². The number of hydrogen-bond acceptors (Lipinski definition) is 5. The molecule has 1 aliphatic heterocycles. The maximum absolute atomic E-state index is 14.0. The second-order valence-corrected chi connectivity index (χ2v) is 7.56. The van der Waals surface area contributed by atoms with E-state index < -0.39 is 0 Å². The van der Waals surface area contributed by atoms with Crippen LogP contribution in [-0.4, -0.2) is 42.1 Å². The van der Waals surface area contributed by atoms with Crippen molar-refractivity contribution in [1.82, 2.24) is 20.6 Å². The summed E-state index contributed by atoms with van der Waals surface area (Å²) in [6, 6.07) is 16.9. The van der Waals surface area contributed by atoms with Gasteiger partial charge in [-0.25, -0.2) is 9.37 Å². The minimum absolute atomic E-state index is 0. The Morgan fingerprint density at radius 3 is 2.67 bits per heavy atom. The quantitative estimate of drug-likeness (QED) is 0.260. The predicted molar refractivity (Wildman–Crippen MR) is 139 cm³/mol. The second-order valence-electron chi connectivity index (χ2n) is 7.56. The van der Waals surface area contributed by atoms with Crippen molar-refractivity contribution in [2.45, 2.75) is 25.6 Å². The zero-order chi connectivity index (χ0) is 22.2. The standard InChI is InChI=1S/C24H27FN6O.HI/c1-26-24(30-19-11-14-31(16-19)23-22(25)6-4-13-28-23)29-15-18-7-9-21(10-8-18)32-17-20-5-2-3-12-27-20;/h2-10,12-13,19H,11,14-17H2,1H3,(H2,26,29,30);1H. The molecule has 7 nitrogen and oxygen atoms in total. The Balaban J connectivity index is 0.00000306. The first kappa shape index (κ1) is 24.7.